The molecule has 65 heavy (non-hydrogen) atoms. The number of para-hydroxylation sites is 1. The molecule has 5 nitrogen and oxygen atoms in total. The highest BCUT2D eigenvalue weighted by molar-refractivity contribution is 7.00. The number of hydrogen-bond donors (Lipinski definition) is 0. The smallest absolute Gasteiger partial charge is 0.252 e. The van der Waals surface area contributed by atoms with Crippen LogP contribution in [-0.4, -0.2) is 11.3 Å². The summed E-state index contributed by atoms with van der Waals surface area (Å²) in [5, 5.41) is 15.7. The van der Waals surface area contributed by atoms with Gasteiger partial charge in [-0.1, -0.05) is 126 Å². The summed E-state index contributed by atoms with van der Waals surface area (Å²) in [5.74, 6) is 0. The number of hydrogen-bond acceptors (Lipinski definition) is 4. The Morgan fingerprint density at radius 2 is 1.08 bits per heavy atom. The molecule has 0 saturated carbocycles. The van der Waals surface area contributed by atoms with Gasteiger partial charge in [0.2, 0.25) is 0 Å². The number of fused-ring (bicyclic) bond motifs is 12. The van der Waals surface area contributed by atoms with Crippen molar-refractivity contribution >= 4 is 101 Å². The van der Waals surface area contributed by atoms with Gasteiger partial charge in [0.25, 0.3) is 6.71 Å². The molecule has 0 fully saturated rings. The van der Waals surface area contributed by atoms with Crippen molar-refractivity contribution in [1.29, 1.82) is 5.26 Å². The second kappa shape index (κ2) is 12.8. The molecule has 0 radical (unpaired) electrons. The van der Waals surface area contributed by atoms with Crippen molar-refractivity contribution in [1.82, 2.24) is 4.57 Å². The van der Waals surface area contributed by atoms with Gasteiger partial charge in [0.15, 0.2) is 0 Å². The largest absolute Gasteiger partial charge is 0.456 e. The van der Waals surface area contributed by atoms with Gasteiger partial charge in [-0.25, -0.2) is 0 Å². The predicted octanol–water partition coefficient (Wildman–Crippen LogP) is 14.1. The molecule has 7 aromatic carbocycles. The van der Waals surface area contributed by atoms with Gasteiger partial charge in [0, 0.05) is 44.3 Å². The Hall–Kier alpha value is -6.71. The molecular weight excluding hydrogens is 791 g/mol. The van der Waals surface area contributed by atoms with Crippen LogP contribution in [0.2, 0.25) is 0 Å². The highest BCUT2D eigenvalue weighted by Gasteiger charge is 2.47. The van der Waals surface area contributed by atoms with Gasteiger partial charge in [-0.05, 0) is 133 Å². The minimum absolute atomic E-state index is 0.0153. The summed E-state index contributed by atoms with van der Waals surface area (Å²) < 4.78 is 8.95. The van der Waals surface area contributed by atoms with E-state index in [0.29, 0.717) is 5.56 Å². The molecule has 2 aromatic heterocycles. The number of nitrogens with zero attached hydrogens (tertiary/aromatic N) is 4. The highest BCUT2D eigenvalue weighted by atomic mass is 16.3. The van der Waals surface area contributed by atoms with Gasteiger partial charge in [-0.3, -0.25) is 0 Å². The summed E-state index contributed by atoms with van der Waals surface area (Å²) in [7, 11) is 0. The van der Waals surface area contributed by atoms with Gasteiger partial charge in [0.1, 0.15) is 11.2 Å². The maximum atomic E-state index is 11.0. The van der Waals surface area contributed by atoms with Crippen LogP contribution in [0.4, 0.5) is 34.1 Å². The van der Waals surface area contributed by atoms with Gasteiger partial charge in [0.05, 0.1) is 39.7 Å². The SMILES string of the molecule is CC(C)(C)c1ccc2c(c1)B1c3cc(C(C)(C)C)cc4c3N(c3cc(C#N)cc(c31)N2c1ccc2oc3ccccc3c2c1)c1cc(C(C)(C)C)cc2c3cc(C(C)(C)C)ccc3n-4c12. The van der Waals surface area contributed by atoms with E-state index in [4.69, 9.17) is 4.42 Å². The minimum atomic E-state index is -0.137. The quantitative estimate of drug-likeness (QED) is 0.154. The van der Waals surface area contributed by atoms with E-state index in [-0.39, 0.29) is 28.4 Å². The van der Waals surface area contributed by atoms with Gasteiger partial charge in [-0.15, -0.1) is 0 Å². The lowest BCUT2D eigenvalue weighted by molar-refractivity contribution is 0.590. The van der Waals surface area contributed by atoms with Gasteiger partial charge >= 0.3 is 0 Å². The van der Waals surface area contributed by atoms with Crippen molar-refractivity contribution in [3.05, 3.63) is 143 Å². The van der Waals surface area contributed by atoms with Crippen LogP contribution in [0.25, 0.3) is 49.4 Å². The second-order valence-electron chi connectivity index (χ2n) is 23.1. The number of aromatic nitrogens is 1. The summed E-state index contributed by atoms with van der Waals surface area (Å²) in [6.45, 7) is 27.8. The summed E-state index contributed by atoms with van der Waals surface area (Å²) in [4.78, 5) is 4.98. The van der Waals surface area contributed by atoms with Crippen LogP contribution < -0.4 is 26.2 Å². The molecule has 9 aromatic rings. The average molecular weight is 847 g/mol. The van der Waals surface area contributed by atoms with Gasteiger partial charge < -0.3 is 18.8 Å². The van der Waals surface area contributed by atoms with E-state index in [1.807, 2.05) is 12.1 Å². The summed E-state index contributed by atoms with van der Waals surface area (Å²) >= 11 is 0. The van der Waals surface area contributed by atoms with E-state index in [0.717, 1.165) is 50.4 Å². The molecule has 0 unspecified atom stereocenters. The number of furan rings is 1. The van der Waals surface area contributed by atoms with E-state index >= 15 is 0 Å². The van der Waals surface area contributed by atoms with E-state index in [1.54, 1.807) is 0 Å². The highest BCUT2D eigenvalue weighted by Crippen LogP contribution is 2.54. The molecule has 0 atom stereocenters. The van der Waals surface area contributed by atoms with Crippen LogP contribution in [-0.2, 0) is 21.7 Å². The molecule has 0 bridgehead atoms. The fraction of sp³-hybridized carbons (Fsp3) is 0.271. The first kappa shape index (κ1) is 39.9. The molecule has 3 aliphatic rings. The third-order valence-corrected chi connectivity index (χ3v) is 14.7. The fourth-order valence-corrected chi connectivity index (χ4v) is 11.1. The first-order valence-electron chi connectivity index (χ1n) is 23.3. The number of nitriles is 1. The number of benzene rings is 7. The van der Waals surface area contributed by atoms with Crippen molar-refractivity contribution in [2.45, 2.75) is 105 Å². The number of anilines is 6. The van der Waals surface area contributed by atoms with Crippen LogP contribution in [0.3, 0.4) is 0 Å². The topological polar surface area (TPSA) is 48.3 Å². The third-order valence-electron chi connectivity index (χ3n) is 14.7. The lowest BCUT2D eigenvalue weighted by Gasteiger charge is -2.47. The van der Waals surface area contributed by atoms with Crippen LogP contribution in [0.1, 0.15) is 111 Å². The zero-order valence-electron chi connectivity index (χ0n) is 39.7. The Labute approximate surface area is 383 Å². The first-order chi connectivity index (χ1) is 30.7. The molecule has 0 amide bonds. The molecule has 5 heterocycles. The molecular formula is C59H55BN4O. The second-order valence-corrected chi connectivity index (χ2v) is 23.1. The molecule has 0 spiro atoms. The van der Waals surface area contributed by atoms with Crippen LogP contribution in [0.15, 0.2) is 120 Å². The summed E-state index contributed by atoms with van der Waals surface area (Å²) in [6, 6.07) is 46.0. The zero-order valence-corrected chi connectivity index (χ0v) is 39.7. The van der Waals surface area contributed by atoms with Crippen molar-refractivity contribution in [3.8, 4) is 11.8 Å². The zero-order chi connectivity index (χ0) is 45.4. The van der Waals surface area contributed by atoms with Crippen LogP contribution in [0.5, 0.6) is 0 Å². The molecule has 0 saturated heterocycles. The Balaban J connectivity index is 1.26. The van der Waals surface area contributed by atoms with Crippen molar-refractivity contribution in [3.63, 3.8) is 0 Å². The van der Waals surface area contributed by atoms with Crippen LogP contribution >= 0.6 is 0 Å². The van der Waals surface area contributed by atoms with E-state index < -0.39 is 0 Å². The van der Waals surface area contributed by atoms with E-state index in [1.165, 1.54) is 71.8 Å². The van der Waals surface area contributed by atoms with Crippen molar-refractivity contribution in [2.24, 2.45) is 0 Å². The maximum Gasteiger partial charge on any atom is 0.252 e. The Morgan fingerprint density at radius 3 is 1.78 bits per heavy atom. The van der Waals surface area contributed by atoms with E-state index in [9.17, 15) is 5.26 Å². The third kappa shape index (κ3) is 5.57. The standard InChI is InChI=1S/C59H55BN4O/c1-56(2,3)34-17-20-45-40(25-34)42-26-36(58(7,8)9)29-49-54(42)63(45)50-30-37(59(10,11)12)28-44-55(50)64(49)48-24-33(32-61)23-47-53(48)60(44)43-27-35(57(4,5)6)18-21-46(43)62(47)38-19-22-52-41(31-38)39-15-13-14-16-51(39)65-52/h13-31H,1-12H3. The normalized spacial score (nSPS) is 14.4. The van der Waals surface area contributed by atoms with Crippen LogP contribution in [0, 0.1) is 11.3 Å². The van der Waals surface area contributed by atoms with Gasteiger partial charge in [-0.2, -0.15) is 5.26 Å². The molecule has 6 heteroatoms. The average Bonchev–Trinajstić information content (AvgIpc) is 3.79. The van der Waals surface area contributed by atoms with Crippen molar-refractivity contribution < 1.29 is 4.42 Å². The molecule has 3 aliphatic heterocycles. The Kier molecular flexibility index (Phi) is 7.82. The summed E-state index contributed by atoms with van der Waals surface area (Å²) in [5.41, 5.74) is 21.2. The molecule has 0 aliphatic carbocycles. The molecule has 320 valence electrons. The maximum absolute atomic E-state index is 11.0. The summed E-state index contributed by atoms with van der Waals surface area (Å²) in [6.07, 6.45) is 0. The van der Waals surface area contributed by atoms with Crippen molar-refractivity contribution in [2.75, 3.05) is 9.80 Å². The lowest BCUT2D eigenvalue weighted by Crippen LogP contribution is -2.62. The Morgan fingerprint density at radius 1 is 0.477 bits per heavy atom. The fourth-order valence-electron chi connectivity index (χ4n) is 11.1. The first-order valence-corrected chi connectivity index (χ1v) is 23.3. The number of rotatable bonds is 1. The molecule has 0 N–H and O–H groups in total. The Bertz CT molecular complexity index is 3620. The predicted molar refractivity (Wildman–Crippen MR) is 275 cm³/mol. The molecule has 12 rings (SSSR count). The monoisotopic (exact) mass is 846 g/mol. The lowest BCUT2D eigenvalue weighted by atomic mass is 9.33. The van der Waals surface area contributed by atoms with E-state index in [2.05, 4.69) is 207 Å². The minimum Gasteiger partial charge on any atom is -0.456 e.